The minimum atomic E-state index is -0.429. The van der Waals surface area contributed by atoms with E-state index < -0.39 is 5.82 Å². The number of nitrogens with zero attached hydrogens (tertiary/aromatic N) is 4. The van der Waals surface area contributed by atoms with Gasteiger partial charge in [0.1, 0.15) is 39.5 Å². The molecule has 0 bridgehead atoms. The Morgan fingerprint density at radius 2 is 2.00 bits per heavy atom. The Morgan fingerprint density at radius 1 is 1.12 bits per heavy atom. The summed E-state index contributed by atoms with van der Waals surface area (Å²) in [4.78, 5) is 10.0. The van der Waals surface area contributed by atoms with Gasteiger partial charge in [-0.25, -0.2) is 18.9 Å². The van der Waals surface area contributed by atoms with Crippen molar-refractivity contribution in [3.05, 3.63) is 76.6 Å². The fraction of sp³-hybridized carbons (Fsp3) is 0.125. The van der Waals surface area contributed by atoms with Crippen molar-refractivity contribution in [2.75, 3.05) is 0 Å². The molecule has 0 saturated heterocycles. The van der Waals surface area contributed by atoms with E-state index in [1.165, 1.54) is 23.5 Å². The zero-order chi connectivity index (χ0) is 22.4. The Hall–Kier alpha value is -3.56. The van der Waals surface area contributed by atoms with Gasteiger partial charge in [0, 0.05) is 23.1 Å². The van der Waals surface area contributed by atoms with Crippen molar-refractivity contribution in [2.24, 2.45) is 0 Å². The molecular formula is C24H17FN4O2S2. The highest BCUT2D eigenvalue weighted by Gasteiger charge is 2.17. The molecule has 0 spiro atoms. The molecular weight excluding hydrogens is 459 g/mol. The van der Waals surface area contributed by atoms with Gasteiger partial charge in [0.25, 0.3) is 0 Å². The summed E-state index contributed by atoms with van der Waals surface area (Å²) in [6.07, 6.45) is 2.68. The molecule has 164 valence electrons. The van der Waals surface area contributed by atoms with Crippen LogP contribution in [0.4, 0.5) is 4.39 Å². The van der Waals surface area contributed by atoms with E-state index >= 15 is 0 Å². The monoisotopic (exact) mass is 476 g/mol. The highest BCUT2D eigenvalue weighted by molar-refractivity contribution is 7.16. The standard InChI is InChI=1S/C24H17FN4O2S2/c1-2-22-28-29-11-18(27-24(29)33-22)21-10-17-19(8-15(25)9-20(17)31-21)30-12-16-13-32-23(26-16)14-6-4-3-5-7-14/h3-11,13H,2,12H2,1H3. The van der Waals surface area contributed by atoms with E-state index in [9.17, 15) is 4.39 Å². The summed E-state index contributed by atoms with van der Waals surface area (Å²) in [5, 5.41) is 9.06. The number of hydrogen-bond acceptors (Lipinski definition) is 7. The van der Waals surface area contributed by atoms with Crippen molar-refractivity contribution in [3.8, 4) is 27.8 Å². The number of aromatic nitrogens is 4. The van der Waals surface area contributed by atoms with Gasteiger partial charge < -0.3 is 9.15 Å². The topological polar surface area (TPSA) is 65.5 Å². The van der Waals surface area contributed by atoms with Crippen LogP contribution in [0.25, 0.3) is 38.0 Å². The highest BCUT2D eigenvalue weighted by Crippen LogP contribution is 2.35. The molecule has 0 radical (unpaired) electrons. The van der Waals surface area contributed by atoms with Crippen LogP contribution in [-0.4, -0.2) is 19.6 Å². The predicted octanol–water partition coefficient (Wildman–Crippen LogP) is 6.61. The first kappa shape index (κ1) is 20.1. The Bertz CT molecular complexity index is 1550. The number of hydrogen-bond donors (Lipinski definition) is 0. The van der Waals surface area contributed by atoms with Crippen LogP contribution in [0.15, 0.2) is 64.5 Å². The van der Waals surface area contributed by atoms with Crippen molar-refractivity contribution in [1.29, 1.82) is 0 Å². The lowest BCUT2D eigenvalue weighted by atomic mass is 10.2. The van der Waals surface area contributed by atoms with Gasteiger partial charge in [-0.2, -0.15) is 5.10 Å². The van der Waals surface area contributed by atoms with Crippen molar-refractivity contribution < 1.29 is 13.5 Å². The maximum Gasteiger partial charge on any atom is 0.212 e. The second-order valence-electron chi connectivity index (χ2n) is 7.43. The molecule has 4 aromatic heterocycles. The number of aryl methyl sites for hydroxylation is 1. The Labute approximate surface area is 195 Å². The van der Waals surface area contributed by atoms with E-state index in [4.69, 9.17) is 9.15 Å². The van der Waals surface area contributed by atoms with Gasteiger partial charge in [0.2, 0.25) is 4.96 Å². The molecule has 0 aliphatic carbocycles. The van der Waals surface area contributed by atoms with Crippen LogP contribution in [-0.2, 0) is 13.0 Å². The number of imidazole rings is 1. The summed E-state index contributed by atoms with van der Waals surface area (Å²) >= 11 is 3.09. The zero-order valence-electron chi connectivity index (χ0n) is 17.5. The fourth-order valence-corrected chi connectivity index (χ4v) is 5.19. The third-order valence-electron chi connectivity index (χ3n) is 5.15. The zero-order valence-corrected chi connectivity index (χ0v) is 19.1. The Kier molecular flexibility index (Phi) is 4.92. The first-order chi connectivity index (χ1) is 16.2. The average molecular weight is 477 g/mol. The maximum absolute atomic E-state index is 14.3. The summed E-state index contributed by atoms with van der Waals surface area (Å²) in [5.74, 6) is 0.514. The van der Waals surface area contributed by atoms with Crippen LogP contribution in [0.5, 0.6) is 5.75 Å². The molecule has 33 heavy (non-hydrogen) atoms. The molecule has 0 aliphatic rings. The SMILES string of the molecule is CCc1nn2cc(-c3cc4c(OCc5csc(-c6ccccc6)n5)cc(F)cc4o3)nc2s1. The number of ether oxygens (including phenoxy) is 1. The van der Waals surface area contributed by atoms with Gasteiger partial charge in [-0.3, -0.25) is 0 Å². The lowest BCUT2D eigenvalue weighted by Crippen LogP contribution is -1.96. The van der Waals surface area contributed by atoms with Crippen LogP contribution in [0.2, 0.25) is 0 Å². The van der Waals surface area contributed by atoms with E-state index in [2.05, 4.69) is 22.0 Å². The second-order valence-corrected chi connectivity index (χ2v) is 9.33. The summed E-state index contributed by atoms with van der Waals surface area (Å²) in [6.45, 7) is 2.29. The van der Waals surface area contributed by atoms with Gasteiger partial charge in [-0.05, 0) is 12.5 Å². The number of rotatable bonds is 6. The van der Waals surface area contributed by atoms with Crippen LogP contribution in [0, 0.1) is 5.82 Å². The van der Waals surface area contributed by atoms with Crippen molar-refractivity contribution >= 4 is 38.6 Å². The quantitative estimate of drug-likeness (QED) is 0.271. The molecule has 0 aliphatic heterocycles. The molecule has 2 aromatic carbocycles. The van der Waals surface area contributed by atoms with Crippen LogP contribution in [0.1, 0.15) is 17.6 Å². The Morgan fingerprint density at radius 3 is 2.82 bits per heavy atom. The lowest BCUT2D eigenvalue weighted by molar-refractivity contribution is 0.304. The van der Waals surface area contributed by atoms with Gasteiger partial charge in [-0.15, -0.1) is 11.3 Å². The van der Waals surface area contributed by atoms with E-state index in [1.54, 1.807) is 15.9 Å². The van der Waals surface area contributed by atoms with Crippen LogP contribution < -0.4 is 4.74 Å². The third kappa shape index (κ3) is 3.79. The third-order valence-corrected chi connectivity index (χ3v) is 7.16. The number of halogens is 1. The van der Waals surface area contributed by atoms with Gasteiger partial charge in [0.05, 0.1) is 17.3 Å². The summed E-state index contributed by atoms with van der Waals surface area (Å²) in [7, 11) is 0. The highest BCUT2D eigenvalue weighted by atomic mass is 32.1. The number of fused-ring (bicyclic) bond motifs is 2. The molecule has 0 amide bonds. The van der Waals surface area contributed by atoms with Gasteiger partial charge in [0.15, 0.2) is 5.76 Å². The molecule has 0 unspecified atom stereocenters. The van der Waals surface area contributed by atoms with Crippen molar-refractivity contribution in [1.82, 2.24) is 19.6 Å². The number of furan rings is 1. The van der Waals surface area contributed by atoms with Crippen molar-refractivity contribution in [2.45, 2.75) is 20.0 Å². The summed E-state index contributed by atoms with van der Waals surface area (Å²) < 4.78 is 27.9. The molecule has 9 heteroatoms. The average Bonchev–Trinajstić information content (AvgIpc) is 3.59. The minimum Gasteiger partial charge on any atom is -0.486 e. The molecule has 4 heterocycles. The summed E-state index contributed by atoms with van der Waals surface area (Å²) in [6, 6.07) is 14.5. The van der Waals surface area contributed by atoms with Crippen LogP contribution >= 0.6 is 22.7 Å². The smallest absolute Gasteiger partial charge is 0.212 e. The largest absolute Gasteiger partial charge is 0.486 e. The molecule has 0 atom stereocenters. The number of thiazole rings is 1. The first-order valence-corrected chi connectivity index (χ1v) is 12.1. The van der Waals surface area contributed by atoms with E-state index in [-0.39, 0.29) is 6.61 Å². The van der Waals surface area contributed by atoms with Gasteiger partial charge >= 0.3 is 0 Å². The van der Waals surface area contributed by atoms with E-state index in [1.807, 2.05) is 48.0 Å². The van der Waals surface area contributed by atoms with Gasteiger partial charge in [-0.1, -0.05) is 48.6 Å². The normalized spacial score (nSPS) is 11.6. The first-order valence-electron chi connectivity index (χ1n) is 10.4. The predicted molar refractivity (Wildman–Crippen MR) is 127 cm³/mol. The summed E-state index contributed by atoms with van der Waals surface area (Å²) in [5.41, 5.74) is 2.89. The fourth-order valence-electron chi connectivity index (χ4n) is 3.56. The van der Waals surface area contributed by atoms with E-state index in [0.29, 0.717) is 28.2 Å². The second kappa shape index (κ2) is 8.09. The molecule has 6 nitrogen and oxygen atoms in total. The minimum absolute atomic E-state index is 0.228. The van der Waals surface area contributed by atoms with Crippen molar-refractivity contribution in [3.63, 3.8) is 0 Å². The number of benzene rings is 2. The molecule has 0 fully saturated rings. The molecule has 0 saturated carbocycles. The molecule has 6 rings (SSSR count). The van der Waals surface area contributed by atoms with Crippen LogP contribution in [0.3, 0.4) is 0 Å². The maximum atomic E-state index is 14.3. The molecule has 6 aromatic rings. The lowest BCUT2D eigenvalue weighted by Gasteiger charge is -2.05. The Balaban J connectivity index is 1.28. The molecule has 0 N–H and O–H groups in total. The van der Waals surface area contributed by atoms with E-state index in [0.717, 1.165) is 32.7 Å².